The molecule has 1 aromatic heterocycles. The highest BCUT2D eigenvalue weighted by molar-refractivity contribution is 7.99. The Balaban J connectivity index is 1.18. The van der Waals surface area contributed by atoms with Crippen molar-refractivity contribution in [3.63, 3.8) is 0 Å². The minimum Gasteiger partial charge on any atom is -0.497 e. The van der Waals surface area contributed by atoms with Gasteiger partial charge in [-0.3, -0.25) is 14.6 Å². The van der Waals surface area contributed by atoms with Gasteiger partial charge < -0.3 is 14.8 Å². The molecular formula is C28H38N2O4S. The second-order valence-corrected chi connectivity index (χ2v) is 11.2. The van der Waals surface area contributed by atoms with E-state index in [4.69, 9.17) is 9.47 Å². The van der Waals surface area contributed by atoms with Crippen molar-refractivity contribution in [3.8, 4) is 5.75 Å². The lowest BCUT2D eigenvalue weighted by Gasteiger charge is -2.21. The van der Waals surface area contributed by atoms with Gasteiger partial charge >= 0.3 is 5.97 Å². The van der Waals surface area contributed by atoms with Gasteiger partial charge in [-0.2, -0.15) is 11.8 Å². The second-order valence-electron chi connectivity index (χ2n) is 9.78. The van der Waals surface area contributed by atoms with Crippen molar-refractivity contribution in [3.05, 3.63) is 36.0 Å². The number of nitrogens with one attached hydrogen (secondary N) is 1. The largest absolute Gasteiger partial charge is 0.497 e. The van der Waals surface area contributed by atoms with Crippen LogP contribution in [0, 0.1) is 11.8 Å². The summed E-state index contributed by atoms with van der Waals surface area (Å²) in [5.74, 6) is 2.40. The van der Waals surface area contributed by atoms with Crippen LogP contribution in [0.3, 0.4) is 0 Å². The highest BCUT2D eigenvalue weighted by Gasteiger charge is 2.23. The van der Waals surface area contributed by atoms with E-state index in [1.165, 1.54) is 32.1 Å². The molecule has 1 unspecified atom stereocenters. The van der Waals surface area contributed by atoms with Gasteiger partial charge in [0, 0.05) is 41.1 Å². The molecule has 3 atom stereocenters. The van der Waals surface area contributed by atoms with Crippen LogP contribution in [0.15, 0.2) is 30.5 Å². The van der Waals surface area contributed by atoms with E-state index in [1.807, 2.05) is 36.0 Å². The molecule has 190 valence electrons. The van der Waals surface area contributed by atoms with Crippen LogP contribution in [0.1, 0.15) is 68.1 Å². The second kappa shape index (κ2) is 13.3. The maximum Gasteiger partial charge on any atom is 0.310 e. The Kier molecular flexibility index (Phi) is 9.83. The molecule has 35 heavy (non-hydrogen) atoms. The van der Waals surface area contributed by atoms with Gasteiger partial charge in [0.1, 0.15) is 12.4 Å². The number of methoxy groups -OCH3 is 1. The Morgan fingerprint density at radius 1 is 1.11 bits per heavy atom. The number of ether oxygens (including phenoxy) is 2. The van der Waals surface area contributed by atoms with Crippen molar-refractivity contribution in [2.24, 2.45) is 11.8 Å². The van der Waals surface area contributed by atoms with Crippen LogP contribution in [0.2, 0.25) is 0 Å². The van der Waals surface area contributed by atoms with Gasteiger partial charge in [0.05, 0.1) is 18.5 Å². The summed E-state index contributed by atoms with van der Waals surface area (Å²) in [5.41, 5.74) is 1.57. The first-order chi connectivity index (χ1) is 17.1. The average molecular weight is 499 g/mol. The molecule has 1 aromatic carbocycles. The van der Waals surface area contributed by atoms with E-state index < -0.39 is 0 Å². The normalized spacial score (nSPS) is 22.9. The molecule has 2 aliphatic rings. The van der Waals surface area contributed by atoms with Gasteiger partial charge in [0.25, 0.3) is 0 Å². The number of fused-ring (bicyclic) bond motifs is 1. The van der Waals surface area contributed by atoms with Crippen LogP contribution in [0.4, 0.5) is 0 Å². The van der Waals surface area contributed by atoms with Crippen molar-refractivity contribution in [1.29, 1.82) is 0 Å². The molecule has 1 aliphatic carbocycles. The molecule has 7 heteroatoms. The molecule has 1 saturated heterocycles. The summed E-state index contributed by atoms with van der Waals surface area (Å²) in [4.78, 5) is 29.6. The fourth-order valence-electron chi connectivity index (χ4n) is 5.29. The number of carbonyl (C=O) groups excluding carboxylic acids is 2. The number of ketones is 1. The number of Topliss-reactive ketones (excluding diaryl/α,β-unsaturated/α-hetero) is 1. The molecule has 2 aromatic rings. The topological polar surface area (TPSA) is 77.5 Å². The van der Waals surface area contributed by atoms with Crippen LogP contribution >= 0.6 is 11.8 Å². The molecule has 1 aliphatic heterocycles. The number of hydrogen-bond donors (Lipinski definition) is 1. The minimum absolute atomic E-state index is 0.0299. The average Bonchev–Trinajstić information content (AvgIpc) is 3.14. The number of aromatic nitrogens is 1. The number of nitrogens with zero attached hydrogens (tertiary/aromatic N) is 1. The first-order valence-corrected chi connectivity index (χ1v) is 14.1. The van der Waals surface area contributed by atoms with E-state index in [-0.39, 0.29) is 17.7 Å². The van der Waals surface area contributed by atoms with E-state index in [2.05, 4.69) is 10.3 Å². The molecule has 0 spiro atoms. The fraction of sp³-hybridized carbons (Fsp3) is 0.607. The third-order valence-electron chi connectivity index (χ3n) is 7.38. The molecule has 0 radical (unpaired) electrons. The maximum absolute atomic E-state index is 13.1. The molecule has 0 bridgehead atoms. The Bertz CT molecular complexity index is 992. The first-order valence-electron chi connectivity index (χ1n) is 13.1. The zero-order valence-corrected chi connectivity index (χ0v) is 21.6. The van der Waals surface area contributed by atoms with E-state index in [9.17, 15) is 9.59 Å². The summed E-state index contributed by atoms with van der Waals surface area (Å²) in [7, 11) is 1.64. The van der Waals surface area contributed by atoms with Crippen LogP contribution in [0.5, 0.6) is 5.75 Å². The Morgan fingerprint density at radius 3 is 2.86 bits per heavy atom. The highest BCUT2D eigenvalue weighted by atomic mass is 32.2. The number of piperidine rings is 1. The Morgan fingerprint density at radius 2 is 2.03 bits per heavy atom. The van der Waals surface area contributed by atoms with Crippen LogP contribution < -0.4 is 10.1 Å². The number of pyridine rings is 1. The minimum atomic E-state index is -0.0381. The predicted octanol–water partition coefficient (Wildman–Crippen LogP) is 5.43. The summed E-state index contributed by atoms with van der Waals surface area (Å²) in [6.45, 7) is 2.27. The number of rotatable bonds is 10. The maximum atomic E-state index is 13.1. The number of thioether (sulfide) groups is 1. The Labute approximate surface area is 212 Å². The zero-order chi connectivity index (χ0) is 24.5. The van der Waals surface area contributed by atoms with E-state index in [1.54, 1.807) is 13.3 Å². The molecular weight excluding hydrogens is 460 g/mol. The van der Waals surface area contributed by atoms with Crippen LogP contribution in [-0.2, 0) is 9.53 Å². The third-order valence-corrected chi connectivity index (χ3v) is 8.72. The fourth-order valence-corrected chi connectivity index (χ4v) is 6.44. The lowest BCUT2D eigenvalue weighted by Crippen LogP contribution is -2.35. The van der Waals surface area contributed by atoms with E-state index in [0.29, 0.717) is 24.2 Å². The van der Waals surface area contributed by atoms with Gasteiger partial charge in [-0.05, 0) is 75.3 Å². The molecule has 0 amide bonds. The number of esters is 1. The van der Waals surface area contributed by atoms with Gasteiger partial charge in [0.15, 0.2) is 5.78 Å². The van der Waals surface area contributed by atoms with E-state index in [0.717, 1.165) is 60.3 Å². The van der Waals surface area contributed by atoms with Crippen molar-refractivity contribution >= 4 is 34.4 Å². The standard InChI is InChI=1S/C28H38N2O4S/c1-33-22-9-11-26-25(18-22)24(13-15-30-26)27(31)12-8-20-4-2-6-23(10-7-20)35-17-16-34-28(32)21-5-3-14-29-19-21/h9,11,13,15,18,20-21,23,29H,2-8,10,12,14,16-17,19H2,1H3/t20-,21+,23?/m0/s1. The summed E-state index contributed by atoms with van der Waals surface area (Å²) in [5, 5.41) is 4.77. The summed E-state index contributed by atoms with van der Waals surface area (Å²) in [6.07, 6.45) is 11.2. The quantitative estimate of drug-likeness (QED) is 0.202. The zero-order valence-electron chi connectivity index (χ0n) is 20.8. The number of carbonyl (C=O) groups is 2. The summed E-state index contributed by atoms with van der Waals surface area (Å²) < 4.78 is 10.9. The predicted molar refractivity (Wildman–Crippen MR) is 141 cm³/mol. The van der Waals surface area contributed by atoms with Gasteiger partial charge in [-0.25, -0.2) is 0 Å². The molecule has 4 rings (SSSR count). The van der Waals surface area contributed by atoms with Crippen molar-refractivity contribution < 1.29 is 19.1 Å². The van der Waals surface area contributed by atoms with Crippen LogP contribution in [-0.4, -0.2) is 54.5 Å². The van der Waals surface area contributed by atoms with Gasteiger partial charge in [-0.15, -0.1) is 0 Å². The van der Waals surface area contributed by atoms with Crippen molar-refractivity contribution in [1.82, 2.24) is 10.3 Å². The first kappa shape index (κ1) is 26.0. The SMILES string of the molecule is COc1ccc2nccc(C(=O)CC[C@H]3CCCC(SCCOC(=O)[C@@H]4CCCNC4)CC3)c2c1. The molecule has 1 N–H and O–H groups in total. The molecule has 2 heterocycles. The molecule has 6 nitrogen and oxygen atoms in total. The monoisotopic (exact) mass is 498 g/mol. The highest BCUT2D eigenvalue weighted by Crippen LogP contribution is 2.33. The molecule has 2 fully saturated rings. The summed E-state index contributed by atoms with van der Waals surface area (Å²) >= 11 is 1.95. The van der Waals surface area contributed by atoms with Crippen LogP contribution in [0.25, 0.3) is 10.9 Å². The van der Waals surface area contributed by atoms with Crippen molar-refractivity contribution in [2.75, 3.05) is 32.6 Å². The third kappa shape index (κ3) is 7.43. The lowest BCUT2D eigenvalue weighted by atomic mass is 9.92. The molecule has 1 saturated carbocycles. The smallest absolute Gasteiger partial charge is 0.310 e. The Hall–Kier alpha value is -2.12. The number of benzene rings is 1. The van der Waals surface area contributed by atoms with Gasteiger partial charge in [-0.1, -0.05) is 12.8 Å². The summed E-state index contributed by atoms with van der Waals surface area (Å²) in [6, 6.07) is 7.53. The van der Waals surface area contributed by atoms with E-state index >= 15 is 0 Å². The lowest BCUT2D eigenvalue weighted by molar-refractivity contribution is -0.148. The number of hydrogen-bond acceptors (Lipinski definition) is 7. The van der Waals surface area contributed by atoms with Crippen molar-refractivity contribution in [2.45, 2.75) is 63.0 Å². The van der Waals surface area contributed by atoms with Gasteiger partial charge in [0.2, 0.25) is 0 Å².